The minimum atomic E-state index is -0.265. The number of hydrogen-bond donors (Lipinski definition) is 1. The van der Waals surface area contributed by atoms with E-state index >= 15 is 0 Å². The molecule has 0 saturated heterocycles. The number of unbranched alkanes of at least 4 members (excludes halogenated alkanes) is 1. The van der Waals surface area contributed by atoms with Crippen LogP contribution in [0.25, 0.3) is 11.3 Å². The number of nitrogens with zero attached hydrogens (tertiary/aromatic N) is 1. The van der Waals surface area contributed by atoms with Gasteiger partial charge in [0.05, 0.1) is 18.1 Å². The molecule has 1 N–H and O–H groups in total. The van der Waals surface area contributed by atoms with Gasteiger partial charge >= 0.3 is 0 Å². The normalized spacial score (nSPS) is 10.8. The molecule has 2 aromatic rings. The van der Waals surface area contributed by atoms with Crippen LogP contribution < -0.4 is 5.32 Å². The lowest BCUT2D eigenvalue weighted by Gasteiger charge is -2.05. The molecule has 1 heterocycles. The van der Waals surface area contributed by atoms with Crippen LogP contribution in [0.15, 0.2) is 34.0 Å². The molecule has 1 aromatic heterocycles. The average molecular weight is 368 g/mol. The maximum Gasteiger partial charge on any atom is 0.230 e. The average Bonchev–Trinajstić information content (AvgIpc) is 3.06. The maximum absolute atomic E-state index is 12.9. The summed E-state index contributed by atoms with van der Waals surface area (Å²) in [4.78, 5) is 16.2. The number of nitrogens with one attached hydrogen (secondary N) is 1. The molecule has 0 spiro atoms. The lowest BCUT2D eigenvalue weighted by molar-refractivity contribution is -0.118. The molecule has 0 radical (unpaired) electrons. The van der Waals surface area contributed by atoms with Crippen molar-refractivity contribution < 1.29 is 13.9 Å². The van der Waals surface area contributed by atoms with Crippen LogP contribution in [-0.4, -0.2) is 36.4 Å². The van der Waals surface area contributed by atoms with Gasteiger partial charge in [-0.3, -0.25) is 4.79 Å². The standard InChI is InChI=1S/C17H21FN2O2S2/c1-2-3-9-22-10-8-19-16(21)12-24-17-20-15(11-23-17)13-4-6-14(18)7-5-13/h4-7,11H,2-3,8-10,12H2,1H3,(H,19,21). The number of hydrogen-bond acceptors (Lipinski definition) is 5. The minimum absolute atomic E-state index is 0.0300. The van der Waals surface area contributed by atoms with Crippen LogP contribution in [0.2, 0.25) is 0 Å². The predicted octanol–water partition coefficient (Wildman–Crippen LogP) is 3.97. The zero-order valence-electron chi connectivity index (χ0n) is 13.6. The summed E-state index contributed by atoms with van der Waals surface area (Å²) in [5.74, 6) is 0.0299. The number of benzene rings is 1. The number of aromatic nitrogens is 1. The van der Waals surface area contributed by atoms with E-state index in [1.54, 1.807) is 12.1 Å². The second kappa shape index (κ2) is 10.4. The van der Waals surface area contributed by atoms with Crippen molar-refractivity contribution in [3.05, 3.63) is 35.5 Å². The van der Waals surface area contributed by atoms with E-state index < -0.39 is 0 Å². The lowest BCUT2D eigenvalue weighted by atomic mass is 10.2. The molecule has 0 aliphatic heterocycles. The van der Waals surface area contributed by atoms with Crippen LogP contribution in [0.4, 0.5) is 4.39 Å². The maximum atomic E-state index is 12.9. The highest BCUT2D eigenvalue weighted by molar-refractivity contribution is 8.01. The summed E-state index contributed by atoms with van der Waals surface area (Å²) in [6, 6.07) is 6.23. The molecular formula is C17H21FN2O2S2. The fourth-order valence-corrected chi connectivity index (χ4v) is 3.53. The first kappa shape index (κ1) is 18.9. The quantitative estimate of drug-likeness (QED) is 0.509. The molecule has 0 saturated carbocycles. The molecule has 0 aliphatic carbocycles. The lowest BCUT2D eigenvalue weighted by Crippen LogP contribution is -2.28. The highest BCUT2D eigenvalue weighted by Crippen LogP contribution is 2.28. The van der Waals surface area contributed by atoms with E-state index in [1.165, 1.54) is 35.2 Å². The summed E-state index contributed by atoms with van der Waals surface area (Å²) < 4.78 is 19.1. The molecule has 0 aliphatic rings. The topological polar surface area (TPSA) is 51.2 Å². The summed E-state index contributed by atoms with van der Waals surface area (Å²) in [6.45, 7) is 3.93. The Morgan fingerprint density at radius 2 is 2.12 bits per heavy atom. The number of carbonyl (C=O) groups excluding carboxylic acids is 1. The van der Waals surface area contributed by atoms with Crippen molar-refractivity contribution in [2.75, 3.05) is 25.5 Å². The van der Waals surface area contributed by atoms with Gasteiger partial charge < -0.3 is 10.1 Å². The number of thiazole rings is 1. The fourth-order valence-electron chi connectivity index (χ4n) is 1.87. The molecule has 1 aromatic carbocycles. The summed E-state index contributed by atoms with van der Waals surface area (Å²) in [5.41, 5.74) is 1.67. The third-order valence-electron chi connectivity index (χ3n) is 3.16. The number of carbonyl (C=O) groups is 1. The Balaban J connectivity index is 1.69. The summed E-state index contributed by atoms with van der Waals surface area (Å²) in [5, 5.41) is 4.74. The summed E-state index contributed by atoms with van der Waals surface area (Å²) in [6.07, 6.45) is 2.15. The monoisotopic (exact) mass is 368 g/mol. The van der Waals surface area contributed by atoms with Crippen molar-refractivity contribution >= 4 is 29.0 Å². The molecule has 0 unspecified atom stereocenters. The van der Waals surface area contributed by atoms with Gasteiger partial charge in [-0.15, -0.1) is 11.3 Å². The van der Waals surface area contributed by atoms with Crippen LogP contribution in [-0.2, 0) is 9.53 Å². The number of ether oxygens (including phenoxy) is 1. The van der Waals surface area contributed by atoms with Crippen molar-refractivity contribution in [3.8, 4) is 11.3 Å². The van der Waals surface area contributed by atoms with Gasteiger partial charge in [0.25, 0.3) is 0 Å². The fraction of sp³-hybridized carbons (Fsp3) is 0.412. The van der Waals surface area contributed by atoms with E-state index in [2.05, 4.69) is 17.2 Å². The zero-order chi connectivity index (χ0) is 17.2. The smallest absolute Gasteiger partial charge is 0.230 e. The Morgan fingerprint density at radius 1 is 1.33 bits per heavy atom. The van der Waals surface area contributed by atoms with Gasteiger partial charge in [-0.1, -0.05) is 25.1 Å². The van der Waals surface area contributed by atoms with E-state index in [0.29, 0.717) is 18.9 Å². The van der Waals surface area contributed by atoms with Crippen LogP contribution in [0, 0.1) is 5.82 Å². The highest BCUT2D eigenvalue weighted by Gasteiger charge is 2.08. The van der Waals surface area contributed by atoms with E-state index in [1.807, 2.05) is 5.38 Å². The van der Waals surface area contributed by atoms with E-state index in [-0.39, 0.29) is 11.7 Å². The number of halogens is 1. The van der Waals surface area contributed by atoms with Gasteiger partial charge in [0.15, 0.2) is 4.34 Å². The zero-order valence-corrected chi connectivity index (χ0v) is 15.2. The number of rotatable bonds is 10. The molecule has 7 heteroatoms. The SMILES string of the molecule is CCCCOCCNC(=O)CSc1nc(-c2ccc(F)cc2)cs1. The molecule has 4 nitrogen and oxygen atoms in total. The van der Waals surface area contributed by atoms with E-state index in [9.17, 15) is 9.18 Å². The first-order chi connectivity index (χ1) is 11.7. The molecule has 0 atom stereocenters. The van der Waals surface area contributed by atoms with Crippen LogP contribution in [0.1, 0.15) is 19.8 Å². The van der Waals surface area contributed by atoms with Crippen molar-refractivity contribution in [1.29, 1.82) is 0 Å². The minimum Gasteiger partial charge on any atom is -0.380 e. The third-order valence-corrected chi connectivity index (χ3v) is 5.18. The van der Waals surface area contributed by atoms with Gasteiger partial charge in [-0.05, 0) is 30.7 Å². The molecule has 0 bridgehead atoms. The van der Waals surface area contributed by atoms with Gasteiger partial charge in [0, 0.05) is 24.1 Å². The predicted molar refractivity (Wildman–Crippen MR) is 97.0 cm³/mol. The summed E-state index contributed by atoms with van der Waals surface area (Å²) in [7, 11) is 0. The summed E-state index contributed by atoms with van der Waals surface area (Å²) >= 11 is 2.88. The number of amides is 1. The Hall–Kier alpha value is -1.44. The number of thioether (sulfide) groups is 1. The van der Waals surface area contributed by atoms with Crippen LogP contribution >= 0.6 is 23.1 Å². The van der Waals surface area contributed by atoms with Gasteiger partial charge in [0.1, 0.15) is 5.82 Å². The molecular weight excluding hydrogens is 347 g/mol. The molecule has 24 heavy (non-hydrogen) atoms. The van der Waals surface area contributed by atoms with Gasteiger partial charge in [-0.25, -0.2) is 9.37 Å². The largest absolute Gasteiger partial charge is 0.380 e. The Bertz CT molecular complexity index is 632. The Labute approximate surface area is 149 Å². The van der Waals surface area contributed by atoms with Crippen LogP contribution in [0.5, 0.6) is 0 Å². The van der Waals surface area contributed by atoms with Crippen molar-refractivity contribution in [2.24, 2.45) is 0 Å². The molecule has 2 rings (SSSR count). The second-order valence-corrected chi connectivity index (χ2v) is 7.19. The van der Waals surface area contributed by atoms with Crippen molar-refractivity contribution in [3.63, 3.8) is 0 Å². The van der Waals surface area contributed by atoms with Crippen molar-refractivity contribution in [1.82, 2.24) is 10.3 Å². The van der Waals surface area contributed by atoms with Crippen LogP contribution in [0.3, 0.4) is 0 Å². The Kier molecular flexibility index (Phi) is 8.21. The highest BCUT2D eigenvalue weighted by atomic mass is 32.2. The molecule has 130 valence electrons. The van der Waals surface area contributed by atoms with Crippen molar-refractivity contribution in [2.45, 2.75) is 24.1 Å². The first-order valence-electron chi connectivity index (χ1n) is 7.87. The second-order valence-electron chi connectivity index (χ2n) is 5.11. The van der Waals surface area contributed by atoms with Gasteiger partial charge in [0.2, 0.25) is 5.91 Å². The third kappa shape index (κ3) is 6.59. The van der Waals surface area contributed by atoms with E-state index in [0.717, 1.165) is 35.0 Å². The Morgan fingerprint density at radius 3 is 2.88 bits per heavy atom. The van der Waals surface area contributed by atoms with Gasteiger partial charge in [-0.2, -0.15) is 0 Å². The van der Waals surface area contributed by atoms with E-state index in [4.69, 9.17) is 4.74 Å². The molecule has 0 fully saturated rings. The first-order valence-corrected chi connectivity index (χ1v) is 9.74. The molecule has 1 amide bonds.